The summed E-state index contributed by atoms with van der Waals surface area (Å²) < 4.78 is 6.01. The van der Waals surface area contributed by atoms with Gasteiger partial charge in [-0.2, -0.15) is 0 Å². The highest BCUT2D eigenvalue weighted by Gasteiger charge is 2.31. The van der Waals surface area contributed by atoms with Crippen LogP contribution in [0.5, 0.6) is 5.75 Å². The molecule has 3 atom stereocenters. The van der Waals surface area contributed by atoms with Crippen LogP contribution in [0.3, 0.4) is 0 Å². The fourth-order valence-electron chi connectivity index (χ4n) is 3.08. The van der Waals surface area contributed by atoms with Gasteiger partial charge in [-0.15, -0.1) is 0 Å². The molecule has 2 aliphatic rings. The molecule has 1 aromatic rings. The molecule has 0 saturated carbocycles. The van der Waals surface area contributed by atoms with Crippen LogP contribution in [0.15, 0.2) is 18.2 Å². The first-order chi connectivity index (χ1) is 8.61. The van der Waals surface area contributed by atoms with E-state index < -0.39 is 0 Å². The summed E-state index contributed by atoms with van der Waals surface area (Å²) in [6.45, 7) is 7.49. The van der Waals surface area contributed by atoms with Crippen LogP contribution in [0.2, 0.25) is 0 Å². The van der Waals surface area contributed by atoms with E-state index in [0.29, 0.717) is 18.1 Å². The molecule has 1 saturated heterocycles. The molecule has 0 spiro atoms. The van der Waals surface area contributed by atoms with Gasteiger partial charge in [0.1, 0.15) is 11.9 Å². The summed E-state index contributed by atoms with van der Waals surface area (Å²) >= 11 is 0. The predicted octanol–water partition coefficient (Wildman–Crippen LogP) is 1.58. The number of fused-ring (bicyclic) bond motifs is 1. The van der Waals surface area contributed by atoms with Crippen molar-refractivity contribution in [2.45, 2.75) is 32.4 Å². The Bertz CT molecular complexity index is 436. The van der Waals surface area contributed by atoms with Gasteiger partial charge in [0.15, 0.2) is 0 Å². The Morgan fingerprint density at radius 3 is 2.94 bits per heavy atom. The monoisotopic (exact) mass is 246 g/mol. The third-order valence-corrected chi connectivity index (χ3v) is 4.17. The maximum atomic E-state index is 6.06. The van der Waals surface area contributed by atoms with Crippen LogP contribution >= 0.6 is 0 Å². The molecule has 3 rings (SSSR count). The third kappa shape index (κ3) is 2.25. The maximum absolute atomic E-state index is 6.06. The first-order valence-electron chi connectivity index (χ1n) is 6.86. The number of nitrogens with zero attached hydrogens (tertiary/aromatic N) is 1. The van der Waals surface area contributed by atoms with Crippen molar-refractivity contribution in [3.8, 4) is 5.75 Å². The van der Waals surface area contributed by atoms with Crippen molar-refractivity contribution >= 4 is 0 Å². The van der Waals surface area contributed by atoms with Crippen LogP contribution in [0, 0.1) is 12.8 Å². The van der Waals surface area contributed by atoms with E-state index in [1.165, 1.54) is 11.1 Å². The van der Waals surface area contributed by atoms with E-state index in [0.717, 1.165) is 31.8 Å². The SMILES string of the molecule is Cc1ccc2c(c1)CC(CN1CC(C)C(N)C1)O2. The van der Waals surface area contributed by atoms with Gasteiger partial charge >= 0.3 is 0 Å². The summed E-state index contributed by atoms with van der Waals surface area (Å²) in [5, 5.41) is 0. The Morgan fingerprint density at radius 1 is 1.39 bits per heavy atom. The minimum atomic E-state index is 0.305. The number of aryl methyl sites for hydroxylation is 1. The van der Waals surface area contributed by atoms with Gasteiger partial charge in [0, 0.05) is 32.1 Å². The van der Waals surface area contributed by atoms with Crippen LogP contribution in [0.4, 0.5) is 0 Å². The molecule has 0 aromatic heterocycles. The molecule has 1 fully saturated rings. The number of benzene rings is 1. The molecule has 0 bridgehead atoms. The number of nitrogens with two attached hydrogens (primary N) is 1. The quantitative estimate of drug-likeness (QED) is 0.861. The summed E-state index contributed by atoms with van der Waals surface area (Å²) in [7, 11) is 0. The molecule has 3 nitrogen and oxygen atoms in total. The fourth-order valence-corrected chi connectivity index (χ4v) is 3.08. The van der Waals surface area contributed by atoms with Crippen LogP contribution in [-0.2, 0) is 6.42 Å². The van der Waals surface area contributed by atoms with Gasteiger partial charge in [-0.05, 0) is 24.5 Å². The van der Waals surface area contributed by atoms with Gasteiger partial charge in [-0.3, -0.25) is 4.90 Å². The zero-order chi connectivity index (χ0) is 12.7. The van der Waals surface area contributed by atoms with Crippen LogP contribution in [-0.4, -0.2) is 36.7 Å². The first-order valence-corrected chi connectivity index (χ1v) is 6.86. The molecular weight excluding hydrogens is 224 g/mol. The average Bonchev–Trinajstić information content (AvgIpc) is 2.82. The molecule has 18 heavy (non-hydrogen) atoms. The molecule has 0 radical (unpaired) electrons. The molecule has 0 aliphatic carbocycles. The Labute approximate surface area is 109 Å². The molecule has 3 unspecified atom stereocenters. The number of rotatable bonds is 2. The molecule has 2 N–H and O–H groups in total. The standard InChI is InChI=1S/C15H22N2O/c1-10-3-4-15-12(5-10)6-13(18-15)8-17-7-11(2)14(16)9-17/h3-5,11,13-14H,6-9,16H2,1-2H3. The van der Waals surface area contributed by atoms with Crippen molar-refractivity contribution in [1.82, 2.24) is 4.90 Å². The lowest BCUT2D eigenvalue weighted by molar-refractivity contribution is 0.165. The van der Waals surface area contributed by atoms with Crippen LogP contribution < -0.4 is 10.5 Å². The lowest BCUT2D eigenvalue weighted by Gasteiger charge is -2.19. The van der Waals surface area contributed by atoms with E-state index in [-0.39, 0.29) is 0 Å². The zero-order valence-corrected chi connectivity index (χ0v) is 11.2. The van der Waals surface area contributed by atoms with Gasteiger partial charge in [0.25, 0.3) is 0 Å². The van der Waals surface area contributed by atoms with E-state index in [1.54, 1.807) is 0 Å². The van der Waals surface area contributed by atoms with E-state index >= 15 is 0 Å². The van der Waals surface area contributed by atoms with Crippen molar-refractivity contribution in [2.24, 2.45) is 11.7 Å². The van der Waals surface area contributed by atoms with Crippen molar-refractivity contribution in [3.63, 3.8) is 0 Å². The van der Waals surface area contributed by atoms with Crippen LogP contribution in [0.25, 0.3) is 0 Å². The van der Waals surface area contributed by atoms with Crippen molar-refractivity contribution in [2.75, 3.05) is 19.6 Å². The molecule has 98 valence electrons. The maximum Gasteiger partial charge on any atom is 0.123 e. The van der Waals surface area contributed by atoms with Crippen molar-refractivity contribution in [1.29, 1.82) is 0 Å². The second-order valence-corrected chi connectivity index (χ2v) is 5.91. The highest BCUT2D eigenvalue weighted by molar-refractivity contribution is 5.40. The molecule has 3 heteroatoms. The van der Waals surface area contributed by atoms with Crippen molar-refractivity contribution in [3.05, 3.63) is 29.3 Å². The van der Waals surface area contributed by atoms with E-state index in [2.05, 4.69) is 36.9 Å². The van der Waals surface area contributed by atoms with Gasteiger partial charge in [-0.25, -0.2) is 0 Å². The highest BCUT2D eigenvalue weighted by atomic mass is 16.5. The normalized spacial score (nSPS) is 31.4. The Kier molecular flexibility index (Phi) is 3.04. The second kappa shape index (κ2) is 4.56. The topological polar surface area (TPSA) is 38.5 Å². The van der Waals surface area contributed by atoms with E-state index in [4.69, 9.17) is 10.5 Å². The number of hydrogen-bond acceptors (Lipinski definition) is 3. The summed E-state index contributed by atoms with van der Waals surface area (Å²) in [6, 6.07) is 6.79. The molecular formula is C15H22N2O. The fraction of sp³-hybridized carbons (Fsp3) is 0.600. The molecule has 2 aliphatic heterocycles. The second-order valence-electron chi connectivity index (χ2n) is 5.91. The van der Waals surface area contributed by atoms with Gasteiger partial charge in [0.2, 0.25) is 0 Å². The Morgan fingerprint density at radius 2 is 2.22 bits per heavy atom. The molecule has 0 amide bonds. The summed E-state index contributed by atoms with van der Waals surface area (Å²) in [6.07, 6.45) is 1.34. The van der Waals surface area contributed by atoms with Gasteiger partial charge in [-0.1, -0.05) is 24.6 Å². The first kappa shape index (κ1) is 12.0. The predicted molar refractivity (Wildman–Crippen MR) is 72.9 cm³/mol. The summed E-state index contributed by atoms with van der Waals surface area (Å²) in [4.78, 5) is 2.44. The number of likely N-dealkylation sites (tertiary alicyclic amines) is 1. The highest BCUT2D eigenvalue weighted by Crippen LogP contribution is 2.30. The average molecular weight is 246 g/mol. The minimum Gasteiger partial charge on any atom is -0.488 e. The van der Waals surface area contributed by atoms with Gasteiger partial charge in [0.05, 0.1) is 0 Å². The largest absolute Gasteiger partial charge is 0.488 e. The number of ether oxygens (including phenoxy) is 1. The van der Waals surface area contributed by atoms with E-state index in [9.17, 15) is 0 Å². The van der Waals surface area contributed by atoms with Gasteiger partial charge < -0.3 is 10.5 Å². The summed E-state index contributed by atoms with van der Waals surface area (Å²) in [5.41, 5.74) is 8.74. The van der Waals surface area contributed by atoms with Crippen molar-refractivity contribution < 1.29 is 4.74 Å². The molecule has 1 aromatic carbocycles. The Hall–Kier alpha value is -1.06. The summed E-state index contributed by atoms with van der Waals surface area (Å²) in [5.74, 6) is 1.68. The Balaban J connectivity index is 1.61. The van der Waals surface area contributed by atoms with E-state index in [1.807, 2.05) is 0 Å². The lowest BCUT2D eigenvalue weighted by Crippen LogP contribution is -2.35. The molecule has 2 heterocycles. The lowest BCUT2D eigenvalue weighted by atomic mass is 10.1. The minimum absolute atomic E-state index is 0.305. The van der Waals surface area contributed by atoms with Crippen LogP contribution in [0.1, 0.15) is 18.1 Å². The smallest absolute Gasteiger partial charge is 0.123 e. The third-order valence-electron chi connectivity index (χ3n) is 4.17. The number of hydrogen-bond donors (Lipinski definition) is 1. The zero-order valence-electron chi connectivity index (χ0n) is 11.2.